The fraction of sp³-hybridized carbons (Fsp3) is 0.400. The molecular formula is C10H12F4N2. The molecule has 16 heavy (non-hydrogen) atoms. The summed E-state index contributed by atoms with van der Waals surface area (Å²) in [6.45, 7) is 1.24. The maximum atomic E-state index is 13.0. The normalized spacial score (nSPS) is 11.6. The molecule has 0 fully saturated rings. The highest BCUT2D eigenvalue weighted by Crippen LogP contribution is 2.24. The van der Waals surface area contributed by atoms with Crippen LogP contribution in [0.1, 0.15) is 12.0 Å². The molecule has 0 aromatic heterocycles. The van der Waals surface area contributed by atoms with E-state index in [1.54, 1.807) is 0 Å². The molecule has 0 amide bonds. The average Bonchev–Trinajstić information content (AvgIpc) is 2.11. The Bertz CT molecular complexity index is 374. The lowest BCUT2D eigenvalue weighted by atomic mass is 10.2. The zero-order valence-electron chi connectivity index (χ0n) is 8.66. The van der Waals surface area contributed by atoms with E-state index in [0.29, 0.717) is 11.3 Å². The van der Waals surface area contributed by atoms with Crippen molar-refractivity contribution in [3.05, 3.63) is 23.5 Å². The summed E-state index contributed by atoms with van der Waals surface area (Å²) in [5, 5.41) is 2.53. The molecule has 1 aromatic rings. The van der Waals surface area contributed by atoms with Crippen LogP contribution in [0.3, 0.4) is 0 Å². The van der Waals surface area contributed by atoms with Gasteiger partial charge in [0.05, 0.1) is 17.8 Å². The number of nitrogens with one attached hydrogen (secondary N) is 1. The van der Waals surface area contributed by atoms with Crippen molar-refractivity contribution in [3.63, 3.8) is 0 Å². The molecule has 3 N–H and O–H groups in total. The van der Waals surface area contributed by atoms with Crippen molar-refractivity contribution in [2.45, 2.75) is 19.5 Å². The van der Waals surface area contributed by atoms with Crippen LogP contribution in [0.2, 0.25) is 0 Å². The third kappa shape index (κ3) is 3.60. The summed E-state index contributed by atoms with van der Waals surface area (Å²) in [5.74, 6) is -0.473. The van der Waals surface area contributed by atoms with Crippen LogP contribution < -0.4 is 11.1 Å². The third-order valence-corrected chi connectivity index (χ3v) is 2.05. The number of aryl methyl sites for hydroxylation is 1. The first kappa shape index (κ1) is 12.6. The van der Waals surface area contributed by atoms with Gasteiger partial charge in [-0.25, -0.2) is 4.39 Å². The van der Waals surface area contributed by atoms with E-state index < -0.39 is 18.4 Å². The molecule has 2 nitrogen and oxygen atoms in total. The molecule has 0 aliphatic rings. The van der Waals surface area contributed by atoms with Crippen LogP contribution in [0.25, 0.3) is 0 Å². The SMILES string of the molecule is Cc1cc(NCCC(F)(F)F)c(N)cc1F. The van der Waals surface area contributed by atoms with Gasteiger partial charge in [-0.15, -0.1) is 0 Å². The van der Waals surface area contributed by atoms with Gasteiger partial charge in [-0.05, 0) is 24.6 Å². The van der Waals surface area contributed by atoms with Crippen molar-refractivity contribution >= 4 is 11.4 Å². The van der Waals surface area contributed by atoms with Gasteiger partial charge >= 0.3 is 6.18 Å². The summed E-state index contributed by atoms with van der Waals surface area (Å²) in [7, 11) is 0. The van der Waals surface area contributed by atoms with Crippen molar-refractivity contribution in [2.75, 3.05) is 17.6 Å². The lowest BCUT2D eigenvalue weighted by molar-refractivity contribution is -0.131. The summed E-state index contributed by atoms with van der Waals surface area (Å²) in [6.07, 6.45) is -5.17. The molecule has 0 saturated heterocycles. The Balaban J connectivity index is 2.64. The van der Waals surface area contributed by atoms with E-state index in [4.69, 9.17) is 5.73 Å². The van der Waals surface area contributed by atoms with Crippen LogP contribution in [-0.2, 0) is 0 Å². The molecule has 0 spiro atoms. The van der Waals surface area contributed by atoms with Crippen LogP contribution in [0.4, 0.5) is 28.9 Å². The second-order valence-electron chi connectivity index (χ2n) is 3.48. The van der Waals surface area contributed by atoms with Gasteiger partial charge in [-0.3, -0.25) is 0 Å². The third-order valence-electron chi connectivity index (χ3n) is 2.05. The molecule has 0 aliphatic carbocycles. The maximum absolute atomic E-state index is 13.0. The Morgan fingerprint density at radius 2 is 1.94 bits per heavy atom. The zero-order chi connectivity index (χ0) is 12.3. The Kier molecular flexibility index (Phi) is 3.62. The Labute approximate surface area is 90.4 Å². The molecular weight excluding hydrogens is 224 g/mol. The Hall–Kier alpha value is -1.46. The van der Waals surface area contributed by atoms with E-state index in [0.717, 1.165) is 6.07 Å². The van der Waals surface area contributed by atoms with Gasteiger partial charge in [0.15, 0.2) is 0 Å². The maximum Gasteiger partial charge on any atom is 0.390 e. The van der Waals surface area contributed by atoms with Crippen LogP contribution in [-0.4, -0.2) is 12.7 Å². The number of nitrogens with two attached hydrogens (primary N) is 1. The zero-order valence-corrected chi connectivity index (χ0v) is 8.66. The van der Waals surface area contributed by atoms with Gasteiger partial charge in [-0.2, -0.15) is 13.2 Å². The van der Waals surface area contributed by atoms with Crippen LogP contribution >= 0.6 is 0 Å². The fourth-order valence-corrected chi connectivity index (χ4v) is 1.19. The summed E-state index contributed by atoms with van der Waals surface area (Å²) < 4.78 is 48.6. The largest absolute Gasteiger partial charge is 0.397 e. The molecule has 1 rings (SSSR count). The quantitative estimate of drug-likeness (QED) is 0.625. The minimum Gasteiger partial charge on any atom is -0.397 e. The first-order valence-electron chi connectivity index (χ1n) is 4.66. The van der Waals surface area contributed by atoms with Gasteiger partial charge in [0.25, 0.3) is 0 Å². The predicted molar refractivity (Wildman–Crippen MR) is 54.7 cm³/mol. The second-order valence-corrected chi connectivity index (χ2v) is 3.48. The Morgan fingerprint density at radius 3 is 2.50 bits per heavy atom. The molecule has 0 aliphatic heterocycles. The van der Waals surface area contributed by atoms with Crippen molar-refractivity contribution in [2.24, 2.45) is 0 Å². The molecule has 0 bridgehead atoms. The molecule has 90 valence electrons. The summed E-state index contributed by atoms with van der Waals surface area (Å²) in [6, 6.07) is 2.48. The number of hydrogen-bond acceptors (Lipinski definition) is 2. The minimum atomic E-state index is -4.21. The standard InChI is InChI=1S/C10H12F4N2/c1-6-4-9(8(15)5-7(6)11)16-3-2-10(12,13)14/h4-5,16H,2-3,15H2,1H3. The number of halogens is 4. The first-order valence-corrected chi connectivity index (χ1v) is 4.66. The van der Waals surface area contributed by atoms with Crippen LogP contribution in [0.5, 0.6) is 0 Å². The summed E-state index contributed by atoms with van der Waals surface area (Å²) in [4.78, 5) is 0. The van der Waals surface area contributed by atoms with Gasteiger partial charge in [0, 0.05) is 6.54 Å². The number of benzene rings is 1. The van der Waals surface area contributed by atoms with Crippen molar-refractivity contribution in [1.29, 1.82) is 0 Å². The van der Waals surface area contributed by atoms with E-state index in [9.17, 15) is 17.6 Å². The lowest BCUT2D eigenvalue weighted by Crippen LogP contribution is -2.15. The topological polar surface area (TPSA) is 38.0 Å². The fourth-order valence-electron chi connectivity index (χ4n) is 1.19. The van der Waals surface area contributed by atoms with Crippen LogP contribution in [0.15, 0.2) is 12.1 Å². The molecule has 6 heteroatoms. The van der Waals surface area contributed by atoms with E-state index in [2.05, 4.69) is 5.32 Å². The highest BCUT2D eigenvalue weighted by Gasteiger charge is 2.26. The first-order chi connectivity index (χ1) is 7.29. The highest BCUT2D eigenvalue weighted by atomic mass is 19.4. The van der Waals surface area contributed by atoms with Crippen molar-refractivity contribution < 1.29 is 17.6 Å². The summed E-state index contributed by atoms with van der Waals surface area (Å²) >= 11 is 0. The van der Waals surface area contributed by atoms with E-state index in [1.165, 1.54) is 13.0 Å². The molecule has 0 heterocycles. The molecule has 0 unspecified atom stereocenters. The van der Waals surface area contributed by atoms with Crippen LogP contribution in [0, 0.1) is 12.7 Å². The minimum absolute atomic E-state index is 0.102. The smallest absolute Gasteiger partial charge is 0.390 e. The molecule has 0 radical (unpaired) electrons. The monoisotopic (exact) mass is 236 g/mol. The van der Waals surface area contributed by atoms with E-state index in [-0.39, 0.29) is 12.2 Å². The second kappa shape index (κ2) is 4.59. The number of nitrogen functional groups attached to an aromatic ring is 1. The van der Waals surface area contributed by atoms with Crippen molar-refractivity contribution in [1.82, 2.24) is 0 Å². The average molecular weight is 236 g/mol. The Morgan fingerprint density at radius 1 is 1.31 bits per heavy atom. The molecule has 0 saturated carbocycles. The molecule has 1 aromatic carbocycles. The van der Waals surface area contributed by atoms with E-state index in [1.807, 2.05) is 0 Å². The van der Waals surface area contributed by atoms with Gasteiger partial charge < -0.3 is 11.1 Å². The number of anilines is 2. The van der Waals surface area contributed by atoms with Gasteiger partial charge in [0.1, 0.15) is 5.82 Å². The summed E-state index contributed by atoms with van der Waals surface area (Å²) in [5.41, 5.74) is 6.22. The van der Waals surface area contributed by atoms with Gasteiger partial charge in [0.2, 0.25) is 0 Å². The molecule has 0 atom stereocenters. The predicted octanol–water partition coefficient (Wildman–Crippen LogP) is 3.08. The number of hydrogen-bond donors (Lipinski definition) is 2. The highest BCUT2D eigenvalue weighted by molar-refractivity contribution is 5.67. The van der Waals surface area contributed by atoms with E-state index >= 15 is 0 Å². The van der Waals surface area contributed by atoms with Crippen molar-refractivity contribution in [3.8, 4) is 0 Å². The number of alkyl halides is 3. The number of rotatable bonds is 3. The van der Waals surface area contributed by atoms with Gasteiger partial charge in [-0.1, -0.05) is 0 Å². The lowest BCUT2D eigenvalue weighted by Gasteiger charge is -2.12.